The van der Waals surface area contributed by atoms with E-state index in [0.29, 0.717) is 17.5 Å². The topological polar surface area (TPSA) is 37.8 Å². The van der Waals surface area contributed by atoms with Gasteiger partial charge in [-0.25, -0.2) is 14.4 Å². The lowest BCUT2D eigenvalue weighted by molar-refractivity contribution is 0.627. The summed E-state index contributed by atoms with van der Waals surface area (Å²) < 4.78 is 13.1. The number of hydrogen-bond acceptors (Lipinski definition) is 5. The second-order valence-electron chi connectivity index (χ2n) is 5.85. The van der Waals surface area contributed by atoms with Crippen molar-refractivity contribution in [3.05, 3.63) is 89.3 Å². The molecule has 0 saturated heterocycles. The fraction of sp³-hybridized carbons (Fsp3) is 0.143. The summed E-state index contributed by atoms with van der Waals surface area (Å²) in [6, 6.07) is 16.2. The largest absolute Gasteiger partial charge is 0.366 e. The van der Waals surface area contributed by atoms with E-state index >= 15 is 0 Å². The molecule has 28 heavy (non-hydrogen) atoms. The molecule has 0 aliphatic carbocycles. The van der Waals surface area contributed by atoms with Crippen molar-refractivity contribution in [1.82, 2.24) is 9.97 Å². The number of halogens is 2. The summed E-state index contributed by atoms with van der Waals surface area (Å²) in [7, 11) is 0. The van der Waals surface area contributed by atoms with Crippen LogP contribution < -0.4 is 5.32 Å². The van der Waals surface area contributed by atoms with Gasteiger partial charge in [0, 0.05) is 34.0 Å². The Hall–Kier alpha value is -2.02. The number of nitrogens with one attached hydrogen (secondary N) is 1. The van der Waals surface area contributed by atoms with Crippen LogP contribution in [0.2, 0.25) is 5.02 Å². The summed E-state index contributed by atoms with van der Waals surface area (Å²) in [4.78, 5) is 10.4. The fourth-order valence-electron chi connectivity index (χ4n) is 2.30. The van der Waals surface area contributed by atoms with Crippen molar-refractivity contribution in [3.8, 4) is 0 Å². The van der Waals surface area contributed by atoms with Crippen LogP contribution in [0.5, 0.6) is 0 Å². The van der Waals surface area contributed by atoms with Crippen molar-refractivity contribution in [1.29, 1.82) is 0 Å². The predicted molar refractivity (Wildman–Crippen MR) is 118 cm³/mol. The zero-order chi connectivity index (χ0) is 19.8. The van der Waals surface area contributed by atoms with Crippen LogP contribution in [0.15, 0.2) is 77.3 Å². The van der Waals surface area contributed by atoms with E-state index in [0.717, 1.165) is 32.7 Å². The van der Waals surface area contributed by atoms with E-state index in [1.165, 1.54) is 23.9 Å². The minimum Gasteiger partial charge on any atom is -0.366 e. The molecular formula is C21H19ClFN3S2. The van der Waals surface area contributed by atoms with Crippen LogP contribution in [-0.4, -0.2) is 16.5 Å². The van der Waals surface area contributed by atoms with Gasteiger partial charge >= 0.3 is 0 Å². The van der Waals surface area contributed by atoms with Crippen LogP contribution in [0.25, 0.3) is 0 Å². The monoisotopic (exact) mass is 431 g/mol. The number of aromatic nitrogens is 2. The van der Waals surface area contributed by atoms with E-state index in [1.54, 1.807) is 30.0 Å². The van der Waals surface area contributed by atoms with Crippen LogP contribution in [0.4, 0.5) is 10.2 Å². The molecule has 0 bridgehead atoms. The van der Waals surface area contributed by atoms with Gasteiger partial charge in [-0.2, -0.15) is 0 Å². The number of rotatable bonds is 9. The lowest BCUT2D eigenvalue weighted by atomic mass is 10.2. The minimum absolute atomic E-state index is 0.234. The zero-order valence-corrected chi connectivity index (χ0v) is 17.5. The zero-order valence-electron chi connectivity index (χ0n) is 15.1. The Morgan fingerprint density at radius 1 is 1.00 bits per heavy atom. The maximum Gasteiger partial charge on any atom is 0.190 e. The highest BCUT2D eigenvalue weighted by atomic mass is 35.5. The van der Waals surface area contributed by atoms with E-state index in [1.807, 2.05) is 30.3 Å². The maximum absolute atomic E-state index is 13.1. The van der Waals surface area contributed by atoms with Gasteiger partial charge < -0.3 is 5.32 Å². The molecule has 0 aliphatic heterocycles. The van der Waals surface area contributed by atoms with Crippen LogP contribution in [0.3, 0.4) is 0 Å². The molecule has 0 spiro atoms. The minimum atomic E-state index is -0.234. The van der Waals surface area contributed by atoms with E-state index in [2.05, 4.69) is 21.9 Å². The first kappa shape index (κ1) is 20.7. The second kappa shape index (κ2) is 10.5. The van der Waals surface area contributed by atoms with Gasteiger partial charge in [0.2, 0.25) is 0 Å². The molecule has 7 heteroatoms. The predicted octanol–water partition coefficient (Wildman–Crippen LogP) is 6.45. The second-order valence-corrected chi connectivity index (χ2v) is 8.28. The molecule has 0 aliphatic rings. The van der Waals surface area contributed by atoms with Crippen molar-refractivity contribution in [2.24, 2.45) is 0 Å². The van der Waals surface area contributed by atoms with Gasteiger partial charge in [-0.05, 0) is 42.0 Å². The normalized spacial score (nSPS) is 10.6. The highest BCUT2D eigenvalue weighted by molar-refractivity contribution is 7.98. The fourth-order valence-corrected chi connectivity index (χ4v) is 4.05. The molecule has 0 radical (unpaired) electrons. The summed E-state index contributed by atoms with van der Waals surface area (Å²) in [5, 5.41) is 4.64. The summed E-state index contributed by atoms with van der Waals surface area (Å²) in [5.41, 5.74) is 1.96. The smallest absolute Gasteiger partial charge is 0.190 e. The van der Waals surface area contributed by atoms with Gasteiger partial charge in [0.25, 0.3) is 0 Å². The molecule has 0 fully saturated rings. The molecule has 3 aromatic rings. The first-order valence-electron chi connectivity index (χ1n) is 8.61. The molecule has 0 atom stereocenters. The molecule has 1 aromatic heterocycles. The van der Waals surface area contributed by atoms with Gasteiger partial charge in [0.15, 0.2) is 5.16 Å². The molecule has 2 aromatic carbocycles. The van der Waals surface area contributed by atoms with Crippen molar-refractivity contribution >= 4 is 40.9 Å². The van der Waals surface area contributed by atoms with Gasteiger partial charge in [-0.1, -0.05) is 41.6 Å². The van der Waals surface area contributed by atoms with E-state index < -0.39 is 0 Å². The summed E-state index contributed by atoms with van der Waals surface area (Å²) in [6.07, 6.45) is 1.79. The Labute approximate surface area is 177 Å². The number of thioether (sulfide) groups is 2. The van der Waals surface area contributed by atoms with Crippen LogP contribution in [0, 0.1) is 5.82 Å². The maximum atomic E-state index is 13.1. The third-order valence-corrected chi connectivity index (χ3v) is 5.88. The molecular weight excluding hydrogens is 413 g/mol. The Morgan fingerprint density at radius 2 is 1.75 bits per heavy atom. The average Bonchev–Trinajstić information content (AvgIpc) is 2.71. The number of anilines is 1. The van der Waals surface area contributed by atoms with Crippen molar-refractivity contribution in [2.75, 3.05) is 11.9 Å². The third kappa shape index (κ3) is 6.55. The standard InChI is InChI=1S/C21H19ClFN3S2/c1-2-11-24-20-12-18(14-27-19-9-5-16(22)6-10-19)25-21(26-20)28-13-15-3-7-17(23)8-4-15/h2-10,12H,1,11,13-14H2,(H,24,25,26). The van der Waals surface area contributed by atoms with Gasteiger partial charge in [0.1, 0.15) is 11.6 Å². The molecule has 0 saturated carbocycles. The highest BCUT2D eigenvalue weighted by Gasteiger charge is 2.07. The Balaban J connectivity index is 1.70. The van der Waals surface area contributed by atoms with E-state index in [-0.39, 0.29) is 5.82 Å². The average molecular weight is 432 g/mol. The van der Waals surface area contributed by atoms with Crippen LogP contribution >= 0.6 is 35.1 Å². The highest BCUT2D eigenvalue weighted by Crippen LogP contribution is 2.27. The number of hydrogen-bond donors (Lipinski definition) is 1. The van der Waals surface area contributed by atoms with E-state index in [9.17, 15) is 4.39 Å². The molecule has 1 heterocycles. The molecule has 3 nitrogen and oxygen atoms in total. The van der Waals surface area contributed by atoms with Crippen LogP contribution in [-0.2, 0) is 11.5 Å². The molecule has 144 valence electrons. The van der Waals surface area contributed by atoms with Crippen molar-refractivity contribution in [3.63, 3.8) is 0 Å². The third-order valence-electron chi connectivity index (χ3n) is 3.67. The molecule has 0 unspecified atom stereocenters. The Morgan fingerprint density at radius 3 is 2.46 bits per heavy atom. The van der Waals surface area contributed by atoms with Crippen molar-refractivity contribution in [2.45, 2.75) is 21.6 Å². The molecule has 0 amide bonds. The summed E-state index contributed by atoms with van der Waals surface area (Å²) >= 11 is 9.16. The Kier molecular flexibility index (Phi) is 7.77. The van der Waals surface area contributed by atoms with Gasteiger partial charge in [-0.15, -0.1) is 18.3 Å². The lowest BCUT2D eigenvalue weighted by Crippen LogP contribution is -2.04. The van der Waals surface area contributed by atoms with Crippen LogP contribution in [0.1, 0.15) is 11.3 Å². The molecule has 3 rings (SSSR count). The number of benzene rings is 2. The van der Waals surface area contributed by atoms with Gasteiger partial charge in [0.05, 0.1) is 5.69 Å². The first-order valence-corrected chi connectivity index (χ1v) is 11.0. The summed E-state index contributed by atoms with van der Waals surface area (Å²) in [5.74, 6) is 1.93. The van der Waals surface area contributed by atoms with Crippen molar-refractivity contribution < 1.29 is 4.39 Å². The lowest BCUT2D eigenvalue weighted by Gasteiger charge is -2.09. The summed E-state index contributed by atoms with van der Waals surface area (Å²) in [6.45, 7) is 4.36. The quantitative estimate of drug-likeness (QED) is 0.239. The first-order chi connectivity index (χ1) is 13.6. The molecule has 1 N–H and O–H groups in total. The van der Waals surface area contributed by atoms with Gasteiger partial charge in [-0.3, -0.25) is 0 Å². The Bertz CT molecular complexity index is 850. The van der Waals surface area contributed by atoms with E-state index in [4.69, 9.17) is 11.6 Å². The SMILES string of the molecule is C=CCNc1cc(CSc2ccc(Cl)cc2)nc(SCc2ccc(F)cc2)n1. The number of nitrogens with zero attached hydrogens (tertiary/aromatic N) is 2.